The molecule has 1 heterocycles. The lowest BCUT2D eigenvalue weighted by molar-refractivity contribution is 0.632. The van der Waals surface area contributed by atoms with Crippen LogP contribution in [0.4, 0.5) is 28.4 Å². The van der Waals surface area contributed by atoms with Crippen LogP contribution in [0.3, 0.4) is 0 Å². The topological polar surface area (TPSA) is 15.3 Å². The van der Waals surface area contributed by atoms with Crippen molar-refractivity contribution in [1.82, 2.24) is 0 Å². The molecule has 0 saturated carbocycles. The van der Waals surface area contributed by atoms with Crippen molar-refractivity contribution in [2.24, 2.45) is 0 Å². The summed E-state index contributed by atoms with van der Waals surface area (Å²) in [4.78, 5) is 2.40. The van der Waals surface area contributed by atoms with Gasteiger partial charge in [0.05, 0.1) is 11.4 Å². The minimum absolute atomic E-state index is 0.142. The Labute approximate surface area is 277 Å². The number of hydrogen-bond donors (Lipinski definition) is 1. The molecule has 0 aliphatic carbocycles. The molecule has 1 aliphatic heterocycles. The third kappa shape index (κ3) is 5.28. The molecule has 0 atom stereocenters. The van der Waals surface area contributed by atoms with E-state index in [2.05, 4.69) is 200 Å². The third-order valence-corrected chi connectivity index (χ3v) is 9.47. The summed E-state index contributed by atoms with van der Waals surface area (Å²) >= 11 is 0. The van der Waals surface area contributed by atoms with E-state index in [1.807, 2.05) is 0 Å². The Kier molecular flexibility index (Phi) is 7.19. The Morgan fingerprint density at radius 2 is 0.957 bits per heavy atom. The van der Waals surface area contributed by atoms with Crippen LogP contribution in [-0.4, -0.2) is 0 Å². The normalized spacial score (nSPS) is 13.0. The van der Waals surface area contributed by atoms with E-state index < -0.39 is 0 Å². The Hall–Kier alpha value is -5.86. The zero-order valence-corrected chi connectivity index (χ0v) is 26.7. The molecule has 0 unspecified atom stereocenters. The van der Waals surface area contributed by atoms with E-state index in [4.69, 9.17) is 0 Å². The summed E-state index contributed by atoms with van der Waals surface area (Å²) in [6.45, 7) is 4.69. The van der Waals surface area contributed by atoms with E-state index in [1.165, 1.54) is 61.6 Å². The average Bonchev–Trinajstić information content (AvgIpc) is 3.13. The van der Waals surface area contributed by atoms with E-state index in [0.717, 1.165) is 11.4 Å². The first kappa shape index (κ1) is 28.6. The number of fused-ring (bicyclic) bond motifs is 2. The molecule has 2 nitrogen and oxygen atoms in total. The summed E-state index contributed by atoms with van der Waals surface area (Å²) in [6.07, 6.45) is 0. The molecule has 0 saturated heterocycles. The van der Waals surface area contributed by atoms with Crippen LogP contribution in [0.25, 0.3) is 33.4 Å². The number of rotatable bonds is 6. The quantitative estimate of drug-likeness (QED) is 0.203. The lowest BCUT2D eigenvalue weighted by atomic mass is 9.73. The largest absolute Gasteiger partial charge is 0.355 e. The van der Waals surface area contributed by atoms with Gasteiger partial charge in [0.25, 0.3) is 0 Å². The first-order valence-corrected chi connectivity index (χ1v) is 16.3. The molecule has 47 heavy (non-hydrogen) atoms. The summed E-state index contributed by atoms with van der Waals surface area (Å²) in [6, 6.07) is 63.1. The molecule has 8 rings (SSSR count). The summed E-state index contributed by atoms with van der Waals surface area (Å²) in [7, 11) is 0. The maximum atomic E-state index is 3.66. The highest BCUT2D eigenvalue weighted by Crippen LogP contribution is 2.52. The standard InChI is InChI=1S/C45H36N2/c1-45(2)40-18-10-12-20-43(40)47(38-15-7-4-8-16-38)44-30-27-36(31-41(44)45)34-21-23-35(24-22-34)39-17-9-11-19-42(39)46-37-28-25-33(26-29-37)32-13-5-3-6-14-32/h3-31,46H,1-2H3. The monoisotopic (exact) mass is 604 g/mol. The first-order valence-electron chi connectivity index (χ1n) is 16.3. The Balaban J connectivity index is 1.10. The van der Waals surface area contributed by atoms with Gasteiger partial charge in [-0.3, -0.25) is 0 Å². The van der Waals surface area contributed by atoms with Crippen LogP contribution in [-0.2, 0) is 5.41 Å². The fourth-order valence-corrected chi connectivity index (χ4v) is 6.96. The lowest BCUT2D eigenvalue weighted by Gasteiger charge is -2.42. The Bertz CT molecular complexity index is 2160. The lowest BCUT2D eigenvalue weighted by Crippen LogP contribution is -2.30. The SMILES string of the molecule is CC1(C)c2ccccc2N(c2ccccc2)c2ccc(-c3ccc(-c4ccccc4Nc4ccc(-c5ccccc5)cc4)cc3)cc21. The van der Waals surface area contributed by atoms with Crippen LogP contribution in [0.5, 0.6) is 0 Å². The number of para-hydroxylation sites is 3. The molecule has 0 spiro atoms. The second kappa shape index (κ2) is 11.8. The average molecular weight is 605 g/mol. The summed E-state index contributed by atoms with van der Waals surface area (Å²) in [5.74, 6) is 0. The van der Waals surface area contributed by atoms with Gasteiger partial charge in [0.15, 0.2) is 0 Å². The van der Waals surface area contributed by atoms with Crippen LogP contribution in [0.1, 0.15) is 25.0 Å². The molecular weight excluding hydrogens is 569 g/mol. The minimum atomic E-state index is -0.142. The van der Waals surface area contributed by atoms with Crippen LogP contribution in [0, 0.1) is 0 Å². The summed E-state index contributed by atoms with van der Waals surface area (Å²) in [5.41, 5.74) is 15.5. The van der Waals surface area contributed by atoms with Crippen LogP contribution in [0.15, 0.2) is 176 Å². The zero-order valence-electron chi connectivity index (χ0n) is 26.7. The third-order valence-electron chi connectivity index (χ3n) is 9.47. The molecule has 7 aromatic carbocycles. The highest BCUT2D eigenvalue weighted by molar-refractivity contribution is 5.88. The molecule has 0 bridgehead atoms. The summed E-state index contributed by atoms with van der Waals surface area (Å²) < 4.78 is 0. The van der Waals surface area contributed by atoms with Gasteiger partial charge in [0, 0.05) is 28.0 Å². The fraction of sp³-hybridized carbons (Fsp3) is 0.0667. The predicted octanol–water partition coefficient (Wildman–Crippen LogP) is 12.5. The van der Waals surface area contributed by atoms with E-state index in [9.17, 15) is 0 Å². The molecule has 1 aliphatic rings. The first-order chi connectivity index (χ1) is 23.1. The van der Waals surface area contributed by atoms with E-state index >= 15 is 0 Å². The van der Waals surface area contributed by atoms with Crippen molar-refractivity contribution in [3.8, 4) is 33.4 Å². The molecule has 0 radical (unpaired) electrons. The van der Waals surface area contributed by atoms with Crippen molar-refractivity contribution in [2.45, 2.75) is 19.3 Å². The van der Waals surface area contributed by atoms with E-state index in [-0.39, 0.29) is 5.41 Å². The van der Waals surface area contributed by atoms with Gasteiger partial charge >= 0.3 is 0 Å². The fourth-order valence-electron chi connectivity index (χ4n) is 6.96. The smallest absolute Gasteiger partial charge is 0.0503 e. The van der Waals surface area contributed by atoms with Crippen molar-refractivity contribution in [3.05, 3.63) is 187 Å². The van der Waals surface area contributed by atoms with Crippen molar-refractivity contribution in [1.29, 1.82) is 0 Å². The van der Waals surface area contributed by atoms with Gasteiger partial charge in [-0.1, -0.05) is 141 Å². The van der Waals surface area contributed by atoms with Crippen molar-refractivity contribution in [3.63, 3.8) is 0 Å². The molecule has 1 N–H and O–H groups in total. The molecule has 0 aromatic heterocycles. The van der Waals surface area contributed by atoms with Crippen LogP contribution < -0.4 is 10.2 Å². The van der Waals surface area contributed by atoms with E-state index in [0.29, 0.717) is 0 Å². The van der Waals surface area contributed by atoms with Gasteiger partial charge in [-0.25, -0.2) is 0 Å². The molecule has 226 valence electrons. The summed E-state index contributed by atoms with van der Waals surface area (Å²) in [5, 5.41) is 3.66. The molecule has 7 aromatic rings. The van der Waals surface area contributed by atoms with Crippen molar-refractivity contribution in [2.75, 3.05) is 10.2 Å². The highest BCUT2D eigenvalue weighted by Gasteiger charge is 2.36. The maximum Gasteiger partial charge on any atom is 0.0503 e. The van der Waals surface area contributed by atoms with E-state index in [1.54, 1.807) is 0 Å². The Morgan fingerprint density at radius 1 is 0.426 bits per heavy atom. The van der Waals surface area contributed by atoms with Gasteiger partial charge in [0.1, 0.15) is 0 Å². The minimum Gasteiger partial charge on any atom is -0.355 e. The second-order valence-corrected chi connectivity index (χ2v) is 12.7. The molecule has 2 heteroatoms. The number of nitrogens with one attached hydrogen (secondary N) is 1. The van der Waals surface area contributed by atoms with Crippen molar-refractivity contribution < 1.29 is 0 Å². The number of anilines is 5. The number of benzene rings is 7. The van der Waals surface area contributed by atoms with Gasteiger partial charge in [0.2, 0.25) is 0 Å². The number of hydrogen-bond acceptors (Lipinski definition) is 2. The number of nitrogens with zero attached hydrogens (tertiary/aromatic N) is 1. The molecule has 0 fully saturated rings. The van der Waals surface area contributed by atoms with Gasteiger partial charge in [-0.05, 0) is 87.5 Å². The van der Waals surface area contributed by atoms with Crippen molar-refractivity contribution >= 4 is 28.4 Å². The molecular formula is C45H36N2. The maximum absolute atomic E-state index is 3.66. The second-order valence-electron chi connectivity index (χ2n) is 12.7. The van der Waals surface area contributed by atoms with Crippen LogP contribution >= 0.6 is 0 Å². The van der Waals surface area contributed by atoms with Gasteiger partial charge < -0.3 is 10.2 Å². The predicted molar refractivity (Wildman–Crippen MR) is 199 cm³/mol. The Morgan fingerprint density at radius 3 is 1.72 bits per heavy atom. The van der Waals surface area contributed by atoms with Gasteiger partial charge in [-0.2, -0.15) is 0 Å². The van der Waals surface area contributed by atoms with Crippen LogP contribution in [0.2, 0.25) is 0 Å². The highest BCUT2D eigenvalue weighted by atomic mass is 15.2. The zero-order chi connectivity index (χ0) is 31.8. The van der Waals surface area contributed by atoms with Gasteiger partial charge in [-0.15, -0.1) is 0 Å². The molecule has 0 amide bonds.